The van der Waals surface area contributed by atoms with Gasteiger partial charge in [0.15, 0.2) is 18.0 Å². The van der Waals surface area contributed by atoms with E-state index < -0.39 is 0 Å². The SMILES string of the molecule is CCOc1ccc(C[NH+](C)CC(=O)NCc2cccc(Cl)c2)cc1OC. The van der Waals surface area contributed by atoms with Crippen LogP contribution in [-0.4, -0.2) is 33.2 Å². The van der Waals surface area contributed by atoms with Crippen molar-refractivity contribution in [2.75, 3.05) is 27.3 Å². The van der Waals surface area contributed by atoms with Gasteiger partial charge in [0.05, 0.1) is 20.8 Å². The molecule has 0 bridgehead atoms. The lowest BCUT2D eigenvalue weighted by atomic mass is 10.2. The molecule has 26 heavy (non-hydrogen) atoms. The summed E-state index contributed by atoms with van der Waals surface area (Å²) in [5, 5.41) is 3.60. The molecule has 0 radical (unpaired) electrons. The van der Waals surface area contributed by atoms with Crippen LogP contribution in [0.15, 0.2) is 42.5 Å². The molecule has 2 aromatic rings. The molecular formula is C20H26ClN2O3+. The molecular weight excluding hydrogens is 352 g/mol. The third-order valence-electron chi connectivity index (χ3n) is 3.87. The van der Waals surface area contributed by atoms with Crippen molar-refractivity contribution >= 4 is 17.5 Å². The van der Waals surface area contributed by atoms with E-state index in [9.17, 15) is 4.79 Å². The lowest BCUT2D eigenvalue weighted by molar-refractivity contribution is -0.885. The van der Waals surface area contributed by atoms with E-state index in [1.165, 1.54) is 0 Å². The predicted octanol–water partition coefficient (Wildman–Crippen LogP) is 2.08. The normalized spacial score (nSPS) is 11.7. The number of amides is 1. The van der Waals surface area contributed by atoms with Crippen LogP contribution >= 0.6 is 11.6 Å². The number of methoxy groups -OCH3 is 1. The van der Waals surface area contributed by atoms with Gasteiger partial charge in [-0.05, 0) is 42.8 Å². The number of quaternary nitrogens is 1. The van der Waals surface area contributed by atoms with Gasteiger partial charge in [-0.25, -0.2) is 0 Å². The van der Waals surface area contributed by atoms with E-state index in [0.717, 1.165) is 21.8 Å². The van der Waals surface area contributed by atoms with Crippen molar-refractivity contribution < 1.29 is 19.2 Å². The molecule has 1 unspecified atom stereocenters. The highest BCUT2D eigenvalue weighted by molar-refractivity contribution is 6.30. The maximum atomic E-state index is 12.2. The number of rotatable bonds is 9. The average Bonchev–Trinajstić information content (AvgIpc) is 2.61. The van der Waals surface area contributed by atoms with E-state index in [4.69, 9.17) is 21.1 Å². The van der Waals surface area contributed by atoms with Gasteiger partial charge in [-0.1, -0.05) is 23.7 Å². The molecule has 2 N–H and O–H groups in total. The summed E-state index contributed by atoms with van der Waals surface area (Å²) in [7, 11) is 3.61. The quantitative estimate of drug-likeness (QED) is 0.703. The van der Waals surface area contributed by atoms with Crippen molar-refractivity contribution in [3.63, 3.8) is 0 Å². The lowest BCUT2D eigenvalue weighted by Gasteiger charge is -2.16. The molecule has 0 saturated heterocycles. The number of carbonyl (C=O) groups is 1. The van der Waals surface area contributed by atoms with Gasteiger partial charge in [0.2, 0.25) is 0 Å². The van der Waals surface area contributed by atoms with Crippen LogP contribution in [0.25, 0.3) is 0 Å². The number of carbonyl (C=O) groups excluding carboxylic acids is 1. The van der Waals surface area contributed by atoms with E-state index >= 15 is 0 Å². The van der Waals surface area contributed by atoms with Crippen LogP contribution in [0.2, 0.25) is 5.02 Å². The monoisotopic (exact) mass is 377 g/mol. The first kappa shape index (κ1) is 20.1. The Hall–Kier alpha value is -2.24. The van der Waals surface area contributed by atoms with Crippen LogP contribution in [0, 0.1) is 0 Å². The minimum atomic E-state index is 0.000349. The Kier molecular flexibility index (Phi) is 7.75. The van der Waals surface area contributed by atoms with Crippen molar-refractivity contribution in [2.24, 2.45) is 0 Å². The summed E-state index contributed by atoms with van der Waals surface area (Å²) in [6.45, 7) is 4.11. The topological polar surface area (TPSA) is 52.0 Å². The maximum Gasteiger partial charge on any atom is 0.275 e. The van der Waals surface area contributed by atoms with E-state index in [-0.39, 0.29) is 5.91 Å². The summed E-state index contributed by atoms with van der Waals surface area (Å²) in [5.74, 6) is 1.44. The highest BCUT2D eigenvalue weighted by atomic mass is 35.5. The van der Waals surface area contributed by atoms with Gasteiger partial charge in [0.1, 0.15) is 6.54 Å². The van der Waals surface area contributed by atoms with Crippen molar-refractivity contribution in [3.8, 4) is 11.5 Å². The molecule has 1 amide bonds. The molecule has 0 aliphatic carbocycles. The summed E-state index contributed by atoms with van der Waals surface area (Å²) in [5.41, 5.74) is 2.07. The lowest BCUT2D eigenvalue weighted by Crippen LogP contribution is -3.08. The van der Waals surface area contributed by atoms with Crippen LogP contribution in [0.4, 0.5) is 0 Å². The third-order valence-corrected chi connectivity index (χ3v) is 4.11. The van der Waals surface area contributed by atoms with E-state index in [1.54, 1.807) is 7.11 Å². The summed E-state index contributed by atoms with van der Waals surface area (Å²) < 4.78 is 10.9. The van der Waals surface area contributed by atoms with E-state index in [2.05, 4.69) is 5.32 Å². The second-order valence-electron chi connectivity index (χ2n) is 6.14. The first-order chi connectivity index (χ1) is 12.5. The number of hydrogen-bond donors (Lipinski definition) is 2. The summed E-state index contributed by atoms with van der Waals surface area (Å²) in [6.07, 6.45) is 0. The molecule has 0 spiro atoms. The summed E-state index contributed by atoms with van der Waals surface area (Å²) in [6, 6.07) is 13.3. The summed E-state index contributed by atoms with van der Waals surface area (Å²) in [4.78, 5) is 13.2. The number of hydrogen-bond acceptors (Lipinski definition) is 3. The van der Waals surface area contributed by atoms with Gasteiger partial charge in [0, 0.05) is 17.1 Å². The Morgan fingerprint density at radius 2 is 1.96 bits per heavy atom. The van der Waals surface area contributed by atoms with Crippen molar-refractivity contribution in [1.82, 2.24) is 5.32 Å². The van der Waals surface area contributed by atoms with Crippen LogP contribution in [0.5, 0.6) is 11.5 Å². The number of benzene rings is 2. The largest absolute Gasteiger partial charge is 0.493 e. The smallest absolute Gasteiger partial charge is 0.275 e. The zero-order valence-corrected chi connectivity index (χ0v) is 16.2. The average molecular weight is 378 g/mol. The number of ether oxygens (including phenoxy) is 2. The van der Waals surface area contributed by atoms with Crippen LogP contribution in [0.1, 0.15) is 18.1 Å². The van der Waals surface area contributed by atoms with Gasteiger partial charge in [-0.2, -0.15) is 0 Å². The zero-order valence-electron chi connectivity index (χ0n) is 15.5. The highest BCUT2D eigenvalue weighted by Gasteiger charge is 2.12. The Morgan fingerprint density at radius 1 is 1.15 bits per heavy atom. The minimum absolute atomic E-state index is 0.000349. The molecule has 0 saturated carbocycles. The molecule has 0 aromatic heterocycles. The molecule has 1 atom stereocenters. The molecule has 140 valence electrons. The molecule has 0 aliphatic heterocycles. The first-order valence-electron chi connectivity index (χ1n) is 8.64. The molecule has 0 aliphatic rings. The number of likely N-dealkylation sites (N-methyl/N-ethyl adjacent to an activating group) is 1. The van der Waals surface area contributed by atoms with Gasteiger partial charge < -0.3 is 19.7 Å². The van der Waals surface area contributed by atoms with E-state index in [1.807, 2.05) is 56.4 Å². The fourth-order valence-electron chi connectivity index (χ4n) is 2.69. The second kappa shape index (κ2) is 10.0. The molecule has 0 fully saturated rings. The molecule has 2 rings (SSSR count). The van der Waals surface area contributed by atoms with Crippen molar-refractivity contribution in [1.29, 1.82) is 0 Å². The van der Waals surface area contributed by atoms with Gasteiger partial charge in [-0.15, -0.1) is 0 Å². The van der Waals surface area contributed by atoms with Gasteiger partial charge in [-0.3, -0.25) is 4.79 Å². The second-order valence-corrected chi connectivity index (χ2v) is 6.57. The Balaban J connectivity index is 1.85. The zero-order chi connectivity index (χ0) is 18.9. The minimum Gasteiger partial charge on any atom is -0.493 e. The maximum absolute atomic E-state index is 12.2. The Morgan fingerprint density at radius 3 is 2.65 bits per heavy atom. The standard InChI is InChI=1S/C20H25ClN2O3/c1-4-26-18-9-8-16(11-19(18)25-3)13-23(2)14-20(24)22-12-15-6-5-7-17(21)10-15/h5-11H,4,12-14H2,1-3H3,(H,22,24)/p+1. The Bertz CT molecular complexity index is 737. The van der Waals surface area contributed by atoms with Crippen LogP contribution < -0.4 is 19.7 Å². The fourth-order valence-corrected chi connectivity index (χ4v) is 2.90. The number of halogens is 1. The predicted molar refractivity (Wildman–Crippen MR) is 103 cm³/mol. The fraction of sp³-hybridized carbons (Fsp3) is 0.350. The molecule has 2 aromatic carbocycles. The molecule has 0 heterocycles. The number of nitrogens with one attached hydrogen (secondary N) is 2. The molecule has 5 nitrogen and oxygen atoms in total. The van der Waals surface area contributed by atoms with Crippen molar-refractivity contribution in [2.45, 2.75) is 20.0 Å². The van der Waals surface area contributed by atoms with Gasteiger partial charge >= 0.3 is 0 Å². The summed E-state index contributed by atoms with van der Waals surface area (Å²) >= 11 is 5.95. The third kappa shape index (κ3) is 6.24. The van der Waals surface area contributed by atoms with Crippen LogP contribution in [0.3, 0.4) is 0 Å². The Labute approximate surface area is 159 Å². The first-order valence-corrected chi connectivity index (χ1v) is 9.01. The van der Waals surface area contributed by atoms with E-state index in [0.29, 0.717) is 37.0 Å². The highest BCUT2D eigenvalue weighted by Crippen LogP contribution is 2.27. The van der Waals surface area contributed by atoms with Gasteiger partial charge in [0.25, 0.3) is 5.91 Å². The van der Waals surface area contributed by atoms with Crippen molar-refractivity contribution in [3.05, 3.63) is 58.6 Å². The molecule has 6 heteroatoms. The van der Waals surface area contributed by atoms with Crippen LogP contribution in [-0.2, 0) is 17.9 Å².